The van der Waals surface area contributed by atoms with Crippen LogP contribution in [0.1, 0.15) is 50.3 Å². The molecule has 0 radical (unpaired) electrons. The number of rotatable bonds is 5. The van der Waals surface area contributed by atoms with Gasteiger partial charge in [-0.3, -0.25) is 14.7 Å². The fourth-order valence-electron chi connectivity index (χ4n) is 3.86. The summed E-state index contributed by atoms with van der Waals surface area (Å²) in [5.41, 5.74) is 4.73. The van der Waals surface area contributed by atoms with Gasteiger partial charge in [0, 0.05) is 49.7 Å². The molecule has 27 heavy (non-hydrogen) atoms. The molecular weight excluding hydrogens is 340 g/mol. The van der Waals surface area contributed by atoms with Crippen LogP contribution in [0.3, 0.4) is 0 Å². The summed E-state index contributed by atoms with van der Waals surface area (Å²) in [6.07, 6.45) is 4.09. The largest absolute Gasteiger partial charge is 0.353 e. The Hall–Kier alpha value is -2.63. The normalized spacial score (nSPS) is 16.2. The standard InChI is InChI=1S/C21H28N4O2/c1-14-5-4-6-18(11-14)19-13-22-24-21(19)17-7-9-25(10-8-17)20(27)12-15(2)23-16(3)26/h4-6,11,13,15,17H,7-10,12H2,1-3H3,(H,22,24)(H,23,26)/t15-/m0/s1. The Kier molecular flexibility index (Phi) is 5.94. The number of aryl methyl sites for hydroxylation is 1. The van der Waals surface area contributed by atoms with Crippen LogP contribution in [0.2, 0.25) is 0 Å². The zero-order chi connectivity index (χ0) is 19.4. The van der Waals surface area contributed by atoms with Gasteiger partial charge in [-0.15, -0.1) is 0 Å². The Labute approximate surface area is 160 Å². The van der Waals surface area contributed by atoms with Crippen LogP contribution in [-0.4, -0.2) is 46.0 Å². The first-order chi connectivity index (χ1) is 12.9. The molecule has 0 saturated carbocycles. The molecule has 0 spiro atoms. The third-order valence-corrected chi connectivity index (χ3v) is 5.18. The minimum atomic E-state index is -0.131. The maximum absolute atomic E-state index is 12.5. The van der Waals surface area contributed by atoms with Gasteiger partial charge in [0.25, 0.3) is 0 Å². The molecule has 2 heterocycles. The van der Waals surface area contributed by atoms with E-state index in [9.17, 15) is 9.59 Å². The van der Waals surface area contributed by atoms with Crippen molar-refractivity contribution in [2.45, 2.75) is 52.0 Å². The highest BCUT2D eigenvalue weighted by Crippen LogP contribution is 2.34. The van der Waals surface area contributed by atoms with Gasteiger partial charge in [-0.05, 0) is 32.3 Å². The van der Waals surface area contributed by atoms with E-state index in [1.807, 2.05) is 18.0 Å². The SMILES string of the molecule is CC(=O)N[C@@H](C)CC(=O)N1CCC(c2[nH]ncc2-c2cccc(C)c2)CC1. The van der Waals surface area contributed by atoms with E-state index >= 15 is 0 Å². The summed E-state index contributed by atoms with van der Waals surface area (Å²) in [6.45, 7) is 6.91. The number of aromatic amines is 1. The zero-order valence-corrected chi connectivity index (χ0v) is 16.3. The van der Waals surface area contributed by atoms with Crippen LogP contribution in [0.15, 0.2) is 30.5 Å². The zero-order valence-electron chi connectivity index (χ0n) is 16.3. The van der Waals surface area contributed by atoms with Crippen molar-refractivity contribution in [3.8, 4) is 11.1 Å². The lowest BCUT2D eigenvalue weighted by Crippen LogP contribution is -2.42. The molecule has 6 nitrogen and oxygen atoms in total. The van der Waals surface area contributed by atoms with Gasteiger partial charge in [-0.1, -0.05) is 29.8 Å². The third-order valence-electron chi connectivity index (χ3n) is 5.18. The van der Waals surface area contributed by atoms with Crippen molar-refractivity contribution >= 4 is 11.8 Å². The second-order valence-electron chi connectivity index (χ2n) is 7.53. The molecule has 1 aromatic heterocycles. The molecule has 1 aliphatic rings. The van der Waals surface area contributed by atoms with E-state index in [-0.39, 0.29) is 17.9 Å². The summed E-state index contributed by atoms with van der Waals surface area (Å²) >= 11 is 0. The summed E-state index contributed by atoms with van der Waals surface area (Å²) in [4.78, 5) is 25.5. The molecule has 3 rings (SSSR count). The highest BCUT2D eigenvalue weighted by atomic mass is 16.2. The first-order valence-electron chi connectivity index (χ1n) is 9.59. The summed E-state index contributed by atoms with van der Waals surface area (Å²) in [5.74, 6) is 0.384. The molecule has 0 bridgehead atoms. The van der Waals surface area contributed by atoms with Crippen molar-refractivity contribution < 1.29 is 9.59 Å². The average molecular weight is 368 g/mol. The van der Waals surface area contributed by atoms with Crippen molar-refractivity contribution in [1.29, 1.82) is 0 Å². The lowest BCUT2D eigenvalue weighted by molar-refractivity contribution is -0.132. The number of benzene rings is 1. The van der Waals surface area contributed by atoms with E-state index in [0.717, 1.165) is 31.5 Å². The van der Waals surface area contributed by atoms with Gasteiger partial charge in [0.2, 0.25) is 11.8 Å². The van der Waals surface area contributed by atoms with Crippen LogP contribution in [-0.2, 0) is 9.59 Å². The van der Waals surface area contributed by atoms with Crippen molar-refractivity contribution in [3.63, 3.8) is 0 Å². The first-order valence-corrected chi connectivity index (χ1v) is 9.59. The Morgan fingerprint density at radius 2 is 2.07 bits per heavy atom. The van der Waals surface area contributed by atoms with Gasteiger partial charge in [-0.2, -0.15) is 5.10 Å². The number of likely N-dealkylation sites (tertiary alicyclic amines) is 1. The average Bonchev–Trinajstić information content (AvgIpc) is 3.11. The first kappa shape index (κ1) is 19.1. The van der Waals surface area contributed by atoms with Gasteiger partial charge in [0.05, 0.1) is 6.20 Å². The molecular formula is C21H28N4O2. The molecule has 2 aromatic rings. The number of piperidine rings is 1. The van der Waals surface area contributed by atoms with Gasteiger partial charge in [0.1, 0.15) is 0 Å². The molecule has 1 aromatic carbocycles. The topological polar surface area (TPSA) is 78.1 Å². The molecule has 1 saturated heterocycles. The molecule has 2 amide bonds. The summed E-state index contributed by atoms with van der Waals surface area (Å²) in [7, 11) is 0. The number of carbonyl (C=O) groups is 2. The minimum Gasteiger partial charge on any atom is -0.353 e. The van der Waals surface area contributed by atoms with Gasteiger partial charge < -0.3 is 10.2 Å². The molecule has 1 fully saturated rings. The third kappa shape index (κ3) is 4.76. The van der Waals surface area contributed by atoms with Crippen LogP contribution in [0.5, 0.6) is 0 Å². The lowest BCUT2D eigenvalue weighted by Gasteiger charge is -2.32. The molecule has 144 valence electrons. The van der Waals surface area contributed by atoms with Crippen LogP contribution in [0.25, 0.3) is 11.1 Å². The number of nitrogens with one attached hydrogen (secondary N) is 2. The summed E-state index contributed by atoms with van der Waals surface area (Å²) in [5, 5.41) is 10.2. The predicted molar refractivity (Wildman–Crippen MR) is 105 cm³/mol. The van der Waals surface area contributed by atoms with E-state index in [2.05, 4.69) is 46.7 Å². The van der Waals surface area contributed by atoms with Crippen LogP contribution in [0, 0.1) is 6.92 Å². The fraction of sp³-hybridized carbons (Fsp3) is 0.476. The molecule has 0 aliphatic carbocycles. The minimum absolute atomic E-state index is 0.100. The number of amides is 2. The molecule has 1 atom stereocenters. The second kappa shape index (κ2) is 8.37. The smallest absolute Gasteiger partial charge is 0.224 e. The monoisotopic (exact) mass is 368 g/mol. The Balaban J connectivity index is 1.61. The fourth-order valence-corrected chi connectivity index (χ4v) is 3.86. The highest BCUT2D eigenvalue weighted by molar-refractivity contribution is 5.79. The number of carbonyl (C=O) groups excluding carboxylic acids is 2. The Morgan fingerprint density at radius 1 is 1.33 bits per heavy atom. The van der Waals surface area contributed by atoms with E-state index in [4.69, 9.17) is 0 Å². The van der Waals surface area contributed by atoms with E-state index < -0.39 is 0 Å². The Bertz CT molecular complexity index is 806. The van der Waals surface area contributed by atoms with Crippen LogP contribution >= 0.6 is 0 Å². The number of hydrogen-bond acceptors (Lipinski definition) is 3. The van der Waals surface area contributed by atoms with Crippen molar-refractivity contribution in [3.05, 3.63) is 41.7 Å². The number of nitrogens with zero attached hydrogens (tertiary/aromatic N) is 2. The Morgan fingerprint density at radius 3 is 2.74 bits per heavy atom. The predicted octanol–water partition coefficient (Wildman–Crippen LogP) is 3.01. The summed E-state index contributed by atoms with van der Waals surface area (Å²) < 4.78 is 0. The number of H-pyrrole nitrogens is 1. The lowest BCUT2D eigenvalue weighted by atomic mass is 9.89. The molecule has 0 unspecified atom stereocenters. The number of hydrogen-bond donors (Lipinski definition) is 2. The quantitative estimate of drug-likeness (QED) is 0.852. The van der Waals surface area contributed by atoms with Gasteiger partial charge >= 0.3 is 0 Å². The molecule has 2 N–H and O–H groups in total. The summed E-state index contributed by atoms with van der Waals surface area (Å²) in [6, 6.07) is 8.32. The van der Waals surface area contributed by atoms with E-state index in [1.54, 1.807) is 0 Å². The maximum Gasteiger partial charge on any atom is 0.224 e. The van der Waals surface area contributed by atoms with E-state index in [1.165, 1.54) is 23.7 Å². The van der Waals surface area contributed by atoms with Gasteiger partial charge in [0.15, 0.2) is 0 Å². The van der Waals surface area contributed by atoms with Crippen molar-refractivity contribution in [1.82, 2.24) is 20.4 Å². The van der Waals surface area contributed by atoms with Gasteiger partial charge in [-0.25, -0.2) is 0 Å². The molecule has 6 heteroatoms. The van der Waals surface area contributed by atoms with Crippen LogP contribution < -0.4 is 5.32 Å². The molecule has 1 aliphatic heterocycles. The number of aromatic nitrogens is 2. The van der Waals surface area contributed by atoms with Crippen molar-refractivity contribution in [2.75, 3.05) is 13.1 Å². The van der Waals surface area contributed by atoms with Crippen LogP contribution in [0.4, 0.5) is 0 Å². The maximum atomic E-state index is 12.5. The highest BCUT2D eigenvalue weighted by Gasteiger charge is 2.27. The second-order valence-corrected chi connectivity index (χ2v) is 7.53. The van der Waals surface area contributed by atoms with Crippen molar-refractivity contribution in [2.24, 2.45) is 0 Å². The van der Waals surface area contributed by atoms with E-state index in [0.29, 0.717) is 12.3 Å².